The fourth-order valence-corrected chi connectivity index (χ4v) is 3.99. The van der Waals surface area contributed by atoms with Crippen LogP contribution < -0.4 is 10.2 Å². The molecule has 1 amide bonds. The number of amides is 1. The van der Waals surface area contributed by atoms with Gasteiger partial charge in [0.1, 0.15) is 11.6 Å². The van der Waals surface area contributed by atoms with Gasteiger partial charge in [-0.25, -0.2) is 9.37 Å². The maximum Gasteiger partial charge on any atom is 0.291 e. The number of rotatable bonds is 5. The molecule has 0 bridgehead atoms. The lowest BCUT2D eigenvalue weighted by molar-refractivity contribution is -0.385. The van der Waals surface area contributed by atoms with E-state index < -0.39 is 10.7 Å². The standard InChI is InChI=1S/C22H23FN6O4/c1-13-11-15-18(26-22(2)5-6-22)24-19(25-20(15)33-13)21(30)28-9-7-27(8-10-28)17-4-3-14(29(31)32)12-16(17)23/h3-4,11-12H,5-10H2,1-2H3,(H,24,25,26). The molecular formula is C22H23FN6O4. The van der Waals surface area contributed by atoms with Crippen LogP contribution in [0.2, 0.25) is 0 Å². The molecule has 1 aromatic carbocycles. The number of furan rings is 1. The third kappa shape index (κ3) is 4.06. The van der Waals surface area contributed by atoms with Gasteiger partial charge in [0.25, 0.3) is 11.6 Å². The number of carbonyl (C=O) groups is 1. The second kappa shape index (κ2) is 7.68. The van der Waals surface area contributed by atoms with Gasteiger partial charge in [0.05, 0.1) is 22.1 Å². The highest BCUT2D eigenvalue weighted by atomic mass is 19.1. The van der Waals surface area contributed by atoms with Crippen LogP contribution in [0.25, 0.3) is 11.1 Å². The molecule has 3 aromatic rings. The van der Waals surface area contributed by atoms with Crippen molar-refractivity contribution < 1.29 is 18.5 Å². The summed E-state index contributed by atoms with van der Waals surface area (Å²) in [4.78, 5) is 35.7. The Morgan fingerprint density at radius 3 is 2.58 bits per heavy atom. The van der Waals surface area contributed by atoms with E-state index in [0.717, 1.165) is 24.3 Å². The van der Waals surface area contributed by atoms with E-state index >= 15 is 0 Å². The second-order valence-electron chi connectivity index (χ2n) is 8.83. The average Bonchev–Trinajstić information content (AvgIpc) is 3.38. The fourth-order valence-electron chi connectivity index (χ4n) is 3.99. The van der Waals surface area contributed by atoms with Gasteiger partial charge in [-0.3, -0.25) is 14.9 Å². The average molecular weight is 454 g/mol. The Labute approximate surface area is 188 Å². The topological polar surface area (TPSA) is 118 Å². The van der Waals surface area contributed by atoms with E-state index in [1.54, 1.807) is 9.80 Å². The van der Waals surface area contributed by atoms with Gasteiger partial charge < -0.3 is 19.5 Å². The number of anilines is 2. The highest BCUT2D eigenvalue weighted by Crippen LogP contribution is 2.39. The summed E-state index contributed by atoms with van der Waals surface area (Å²) >= 11 is 0. The molecule has 3 heterocycles. The summed E-state index contributed by atoms with van der Waals surface area (Å²) in [6, 6.07) is 5.45. The van der Waals surface area contributed by atoms with Crippen molar-refractivity contribution in [3.8, 4) is 0 Å². The summed E-state index contributed by atoms with van der Waals surface area (Å²) in [5, 5.41) is 15.0. The van der Waals surface area contributed by atoms with Crippen molar-refractivity contribution in [2.45, 2.75) is 32.2 Å². The number of hydrogen-bond acceptors (Lipinski definition) is 8. The molecule has 1 aliphatic heterocycles. The number of benzene rings is 1. The number of non-ortho nitro benzene ring substituents is 1. The number of piperazine rings is 1. The highest BCUT2D eigenvalue weighted by Gasteiger charge is 2.38. The number of carbonyl (C=O) groups excluding carboxylic acids is 1. The SMILES string of the molecule is Cc1cc2c(NC3(C)CC3)nc(C(=O)N3CCN(c4ccc([N+](=O)[O-])cc4F)CC3)nc2o1. The summed E-state index contributed by atoms with van der Waals surface area (Å²) in [7, 11) is 0. The van der Waals surface area contributed by atoms with E-state index in [4.69, 9.17) is 4.42 Å². The molecule has 2 aliphatic rings. The van der Waals surface area contributed by atoms with Gasteiger partial charge in [0.2, 0.25) is 11.5 Å². The van der Waals surface area contributed by atoms with E-state index in [2.05, 4.69) is 22.2 Å². The number of nitro groups is 1. The number of halogens is 1. The Kier molecular flexibility index (Phi) is 4.91. The van der Waals surface area contributed by atoms with E-state index in [1.807, 2.05) is 13.0 Å². The maximum absolute atomic E-state index is 14.4. The van der Waals surface area contributed by atoms with Crippen LogP contribution in [0.15, 0.2) is 28.7 Å². The van der Waals surface area contributed by atoms with Crippen molar-refractivity contribution >= 4 is 34.2 Å². The summed E-state index contributed by atoms with van der Waals surface area (Å²) < 4.78 is 20.1. The first-order chi connectivity index (χ1) is 15.7. The Morgan fingerprint density at radius 2 is 1.94 bits per heavy atom. The van der Waals surface area contributed by atoms with Gasteiger partial charge in [0.15, 0.2) is 5.82 Å². The molecule has 0 unspecified atom stereocenters. The van der Waals surface area contributed by atoms with Crippen molar-refractivity contribution in [3.63, 3.8) is 0 Å². The molecule has 0 spiro atoms. The largest absolute Gasteiger partial charge is 0.443 e. The molecule has 33 heavy (non-hydrogen) atoms. The second-order valence-corrected chi connectivity index (χ2v) is 8.83. The molecule has 2 fully saturated rings. The molecule has 1 saturated carbocycles. The third-order valence-corrected chi connectivity index (χ3v) is 6.18. The Balaban J connectivity index is 1.33. The number of nitro benzene ring substituents is 1. The first kappa shape index (κ1) is 21.1. The summed E-state index contributed by atoms with van der Waals surface area (Å²) in [5.74, 6) is 0.353. The normalized spacial score (nSPS) is 17.3. The summed E-state index contributed by atoms with van der Waals surface area (Å²) in [6.45, 7) is 5.37. The predicted molar refractivity (Wildman–Crippen MR) is 119 cm³/mol. The van der Waals surface area contributed by atoms with Crippen LogP contribution in [-0.2, 0) is 0 Å². The molecule has 2 aromatic heterocycles. The van der Waals surface area contributed by atoms with Crippen LogP contribution in [0, 0.1) is 22.9 Å². The zero-order chi connectivity index (χ0) is 23.3. The molecule has 5 rings (SSSR count). The van der Waals surface area contributed by atoms with Gasteiger partial charge in [-0.1, -0.05) is 0 Å². The van der Waals surface area contributed by atoms with Crippen LogP contribution in [0.3, 0.4) is 0 Å². The highest BCUT2D eigenvalue weighted by molar-refractivity contribution is 5.95. The number of aromatic nitrogens is 2. The Morgan fingerprint density at radius 1 is 1.21 bits per heavy atom. The smallest absolute Gasteiger partial charge is 0.291 e. The van der Waals surface area contributed by atoms with Gasteiger partial charge in [-0.05, 0) is 38.8 Å². The Hall–Kier alpha value is -3.76. The van der Waals surface area contributed by atoms with Crippen LogP contribution in [0.5, 0.6) is 0 Å². The maximum atomic E-state index is 14.4. The minimum Gasteiger partial charge on any atom is -0.443 e. The molecular weight excluding hydrogens is 431 g/mol. The molecule has 1 aliphatic carbocycles. The minimum atomic E-state index is -0.657. The summed E-state index contributed by atoms with van der Waals surface area (Å²) in [5.41, 5.74) is 0.313. The lowest BCUT2D eigenvalue weighted by atomic mass is 10.2. The minimum absolute atomic E-state index is 0.0345. The zero-order valence-corrected chi connectivity index (χ0v) is 18.3. The first-order valence-electron chi connectivity index (χ1n) is 10.8. The Bertz CT molecular complexity index is 1260. The van der Waals surface area contributed by atoms with Gasteiger partial charge in [-0.15, -0.1) is 0 Å². The van der Waals surface area contributed by atoms with E-state index in [0.29, 0.717) is 43.5 Å². The van der Waals surface area contributed by atoms with Crippen molar-refractivity contribution in [3.05, 3.63) is 51.8 Å². The van der Waals surface area contributed by atoms with Crippen LogP contribution in [0.4, 0.5) is 21.6 Å². The monoisotopic (exact) mass is 454 g/mol. The number of nitrogens with zero attached hydrogens (tertiary/aromatic N) is 5. The van der Waals surface area contributed by atoms with Gasteiger partial charge >= 0.3 is 0 Å². The van der Waals surface area contributed by atoms with Crippen LogP contribution in [0.1, 0.15) is 36.1 Å². The number of fused-ring (bicyclic) bond motifs is 1. The molecule has 172 valence electrons. The molecule has 10 nitrogen and oxygen atoms in total. The van der Waals surface area contributed by atoms with Crippen molar-refractivity contribution in [2.24, 2.45) is 0 Å². The lowest BCUT2D eigenvalue weighted by Gasteiger charge is -2.35. The molecule has 1 N–H and O–H groups in total. The molecule has 11 heteroatoms. The van der Waals surface area contributed by atoms with Crippen molar-refractivity contribution in [1.29, 1.82) is 0 Å². The number of aryl methyl sites for hydroxylation is 1. The zero-order valence-electron chi connectivity index (χ0n) is 18.3. The lowest BCUT2D eigenvalue weighted by Crippen LogP contribution is -2.49. The van der Waals surface area contributed by atoms with Crippen molar-refractivity contribution in [2.75, 3.05) is 36.4 Å². The van der Waals surface area contributed by atoms with Gasteiger partial charge in [-0.2, -0.15) is 4.98 Å². The van der Waals surface area contributed by atoms with E-state index in [-0.39, 0.29) is 28.6 Å². The first-order valence-corrected chi connectivity index (χ1v) is 10.8. The molecule has 1 saturated heterocycles. The summed E-state index contributed by atoms with van der Waals surface area (Å²) in [6.07, 6.45) is 2.06. The van der Waals surface area contributed by atoms with Crippen molar-refractivity contribution in [1.82, 2.24) is 14.9 Å². The molecule has 0 atom stereocenters. The van der Waals surface area contributed by atoms with E-state index in [9.17, 15) is 19.3 Å². The van der Waals surface area contributed by atoms with Crippen LogP contribution in [-0.4, -0.2) is 57.4 Å². The quantitative estimate of drug-likeness (QED) is 0.460. The fraction of sp³-hybridized carbons (Fsp3) is 0.409. The molecule has 0 radical (unpaired) electrons. The predicted octanol–water partition coefficient (Wildman–Crippen LogP) is 3.51. The number of nitrogens with one attached hydrogen (secondary N) is 1. The van der Waals surface area contributed by atoms with Gasteiger partial charge in [0, 0.05) is 37.8 Å². The number of hydrogen-bond donors (Lipinski definition) is 1. The van der Waals surface area contributed by atoms with Crippen LogP contribution >= 0.6 is 0 Å². The van der Waals surface area contributed by atoms with E-state index in [1.165, 1.54) is 12.1 Å². The third-order valence-electron chi connectivity index (χ3n) is 6.18.